The van der Waals surface area contributed by atoms with Crippen molar-refractivity contribution in [2.45, 2.75) is 39.2 Å². The maximum atomic E-state index is 10.6. The first-order valence-corrected chi connectivity index (χ1v) is 5.14. The van der Waals surface area contributed by atoms with E-state index in [1.807, 2.05) is 0 Å². The number of likely N-dealkylation sites (tertiary alicyclic amines) is 1. The second kappa shape index (κ2) is 4.61. The molecular formula is C10H19NO2. The van der Waals surface area contributed by atoms with Crippen LogP contribution in [0.3, 0.4) is 0 Å². The van der Waals surface area contributed by atoms with Crippen LogP contribution in [0.25, 0.3) is 0 Å². The summed E-state index contributed by atoms with van der Waals surface area (Å²) < 4.78 is 0. The second-order valence-corrected chi connectivity index (χ2v) is 3.75. The molecule has 1 N–H and O–H groups in total. The van der Waals surface area contributed by atoms with Gasteiger partial charge in [0.15, 0.2) is 0 Å². The van der Waals surface area contributed by atoms with Gasteiger partial charge in [0.25, 0.3) is 0 Å². The van der Waals surface area contributed by atoms with Crippen molar-refractivity contribution in [2.75, 3.05) is 13.1 Å². The third-order valence-corrected chi connectivity index (χ3v) is 3.06. The Morgan fingerprint density at radius 3 is 2.69 bits per heavy atom. The zero-order valence-corrected chi connectivity index (χ0v) is 8.49. The molecule has 3 heteroatoms. The molecule has 0 aromatic carbocycles. The van der Waals surface area contributed by atoms with Crippen molar-refractivity contribution in [3.05, 3.63) is 0 Å². The summed E-state index contributed by atoms with van der Waals surface area (Å²) in [6.07, 6.45) is 2.47. The average Bonchev–Trinajstić information content (AvgIpc) is 2.45. The number of carboxylic acid groups (broad SMARTS) is 1. The number of nitrogens with zero attached hydrogens (tertiary/aromatic N) is 1. The van der Waals surface area contributed by atoms with E-state index in [0.29, 0.717) is 18.4 Å². The van der Waals surface area contributed by atoms with Crippen LogP contribution >= 0.6 is 0 Å². The van der Waals surface area contributed by atoms with Crippen molar-refractivity contribution in [3.63, 3.8) is 0 Å². The van der Waals surface area contributed by atoms with E-state index in [0.717, 1.165) is 25.9 Å². The lowest BCUT2D eigenvalue weighted by atomic mass is 9.95. The van der Waals surface area contributed by atoms with Crippen LogP contribution in [0.15, 0.2) is 0 Å². The topological polar surface area (TPSA) is 40.5 Å². The highest BCUT2D eigenvalue weighted by Crippen LogP contribution is 2.28. The molecule has 0 aliphatic carbocycles. The van der Waals surface area contributed by atoms with Gasteiger partial charge in [-0.2, -0.15) is 0 Å². The summed E-state index contributed by atoms with van der Waals surface area (Å²) in [5.41, 5.74) is 0. The fourth-order valence-electron chi connectivity index (χ4n) is 2.43. The number of hydrogen-bond donors (Lipinski definition) is 1. The van der Waals surface area contributed by atoms with E-state index in [9.17, 15) is 4.79 Å². The summed E-state index contributed by atoms with van der Waals surface area (Å²) in [4.78, 5) is 13.0. The Labute approximate surface area is 79.7 Å². The summed E-state index contributed by atoms with van der Waals surface area (Å²) in [7, 11) is 0. The van der Waals surface area contributed by atoms with E-state index in [2.05, 4.69) is 18.7 Å². The Morgan fingerprint density at radius 1 is 1.54 bits per heavy atom. The van der Waals surface area contributed by atoms with Crippen LogP contribution in [-0.2, 0) is 4.79 Å². The Kier molecular flexibility index (Phi) is 3.72. The molecule has 0 saturated carbocycles. The molecule has 0 bridgehead atoms. The summed E-state index contributed by atoms with van der Waals surface area (Å²) in [5.74, 6) is -0.274. The van der Waals surface area contributed by atoms with Crippen LogP contribution in [0.2, 0.25) is 0 Å². The number of rotatable bonds is 4. The van der Waals surface area contributed by atoms with E-state index in [-0.39, 0.29) is 0 Å². The SMILES string of the molecule is CC[C@@H]1[C@@H](CC(=O)O)CCN1CC. The lowest BCUT2D eigenvalue weighted by molar-refractivity contribution is -0.138. The summed E-state index contributed by atoms with van der Waals surface area (Å²) >= 11 is 0. The maximum Gasteiger partial charge on any atom is 0.303 e. The minimum absolute atomic E-state index is 0.342. The fourth-order valence-corrected chi connectivity index (χ4v) is 2.43. The quantitative estimate of drug-likeness (QED) is 0.723. The van der Waals surface area contributed by atoms with Crippen LogP contribution in [0.5, 0.6) is 0 Å². The zero-order valence-electron chi connectivity index (χ0n) is 8.49. The summed E-state index contributed by atoms with van der Waals surface area (Å²) in [5, 5.41) is 8.73. The minimum Gasteiger partial charge on any atom is -0.481 e. The third kappa shape index (κ3) is 2.44. The highest BCUT2D eigenvalue weighted by molar-refractivity contribution is 5.67. The normalized spacial score (nSPS) is 29.4. The average molecular weight is 185 g/mol. The number of aliphatic carboxylic acids is 1. The first-order chi connectivity index (χ1) is 6.19. The maximum absolute atomic E-state index is 10.6. The van der Waals surface area contributed by atoms with Crippen molar-refractivity contribution in [2.24, 2.45) is 5.92 Å². The molecule has 1 heterocycles. The molecule has 0 aromatic heterocycles. The molecule has 1 aliphatic heterocycles. The number of hydrogen-bond acceptors (Lipinski definition) is 2. The molecule has 1 aliphatic rings. The Bertz CT molecular complexity index is 182. The lowest BCUT2D eigenvalue weighted by Crippen LogP contribution is -2.32. The minimum atomic E-state index is -0.651. The molecule has 76 valence electrons. The van der Waals surface area contributed by atoms with Crippen LogP contribution in [0, 0.1) is 5.92 Å². The van der Waals surface area contributed by atoms with Gasteiger partial charge < -0.3 is 10.0 Å². The molecule has 2 atom stereocenters. The number of carbonyl (C=O) groups is 1. The van der Waals surface area contributed by atoms with Gasteiger partial charge in [-0.05, 0) is 31.8 Å². The van der Waals surface area contributed by atoms with Crippen molar-refractivity contribution >= 4 is 5.97 Å². The summed E-state index contributed by atoms with van der Waals surface area (Å²) in [6, 6.07) is 0.501. The van der Waals surface area contributed by atoms with Gasteiger partial charge in [-0.25, -0.2) is 0 Å². The molecule has 3 nitrogen and oxygen atoms in total. The van der Waals surface area contributed by atoms with E-state index >= 15 is 0 Å². The molecular weight excluding hydrogens is 166 g/mol. The van der Waals surface area contributed by atoms with Crippen LogP contribution in [0.4, 0.5) is 0 Å². The Morgan fingerprint density at radius 2 is 2.23 bits per heavy atom. The molecule has 0 amide bonds. The summed E-state index contributed by atoms with van der Waals surface area (Å²) in [6.45, 7) is 6.42. The van der Waals surface area contributed by atoms with Crippen molar-refractivity contribution < 1.29 is 9.90 Å². The zero-order chi connectivity index (χ0) is 9.84. The predicted molar refractivity (Wildman–Crippen MR) is 51.7 cm³/mol. The molecule has 1 saturated heterocycles. The first kappa shape index (κ1) is 10.5. The monoisotopic (exact) mass is 185 g/mol. The van der Waals surface area contributed by atoms with Gasteiger partial charge in [-0.1, -0.05) is 13.8 Å². The lowest BCUT2D eigenvalue weighted by Gasteiger charge is -2.25. The Balaban J connectivity index is 2.51. The van der Waals surface area contributed by atoms with Gasteiger partial charge >= 0.3 is 5.97 Å². The van der Waals surface area contributed by atoms with Gasteiger partial charge in [0.2, 0.25) is 0 Å². The standard InChI is InChI=1S/C10H19NO2/c1-3-9-8(7-10(12)13)5-6-11(9)4-2/h8-9H,3-7H2,1-2H3,(H,12,13)/t8-,9-/m1/s1. The van der Waals surface area contributed by atoms with E-state index in [1.54, 1.807) is 0 Å². The first-order valence-electron chi connectivity index (χ1n) is 5.14. The van der Waals surface area contributed by atoms with Crippen LogP contribution in [0.1, 0.15) is 33.1 Å². The Hall–Kier alpha value is -0.570. The fraction of sp³-hybridized carbons (Fsp3) is 0.900. The molecule has 0 spiro atoms. The highest BCUT2D eigenvalue weighted by atomic mass is 16.4. The predicted octanol–water partition coefficient (Wildman–Crippen LogP) is 1.58. The van der Waals surface area contributed by atoms with Crippen molar-refractivity contribution in [3.8, 4) is 0 Å². The van der Waals surface area contributed by atoms with Crippen molar-refractivity contribution in [1.29, 1.82) is 0 Å². The van der Waals surface area contributed by atoms with Gasteiger partial charge in [-0.3, -0.25) is 4.79 Å². The molecule has 1 fully saturated rings. The van der Waals surface area contributed by atoms with Gasteiger partial charge in [0, 0.05) is 12.5 Å². The van der Waals surface area contributed by atoms with Gasteiger partial charge in [-0.15, -0.1) is 0 Å². The van der Waals surface area contributed by atoms with E-state index in [4.69, 9.17) is 5.11 Å². The largest absolute Gasteiger partial charge is 0.481 e. The molecule has 13 heavy (non-hydrogen) atoms. The molecule has 1 rings (SSSR count). The highest BCUT2D eigenvalue weighted by Gasteiger charge is 2.32. The van der Waals surface area contributed by atoms with Gasteiger partial charge in [0.05, 0.1) is 0 Å². The van der Waals surface area contributed by atoms with Crippen molar-refractivity contribution in [1.82, 2.24) is 4.90 Å². The second-order valence-electron chi connectivity index (χ2n) is 3.75. The van der Waals surface area contributed by atoms with Gasteiger partial charge in [0.1, 0.15) is 0 Å². The van der Waals surface area contributed by atoms with Crippen LogP contribution in [-0.4, -0.2) is 35.1 Å². The molecule has 0 unspecified atom stereocenters. The number of carboxylic acids is 1. The molecule has 0 radical (unpaired) electrons. The molecule has 0 aromatic rings. The third-order valence-electron chi connectivity index (χ3n) is 3.06. The van der Waals surface area contributed by atoms with E-state index in [1.165, 1.54) is 0 Å². The smallest absolute Gasteiger partial charge is 0.303 e. The van der Waals surface area contributed by atoms with Crippen LogP contribution < -0.4 is 0 Å². The van der Waals surface area contributed by atoms with E-state index < -0.39 is 5.97 Å².